The Labute approximate surface area is 153 Å². The van der Waals surface area contributed by atoms with E-state index in [9.17, 15) is 9.59 Å². The third kappa shape index (κ3) is 5.12. The van der Waals surface area contributed by atoms with Gasteiger partial charge < -0.3 is 20.0 Å². The highest BCUT2D eigenvalue weighted by atomic mass is 16.3. The quantitative estimate of drug-likeness (QED) is 0.833. The van der Waals surface area contributed by atoms with Crippen LogP contribution in [0.4, 0.5) is 11.4 Å². The molecule has 1 aromatic carbocycles. The predicted octanol–water partition coefficient (Wildman–Crippen LogP) is 3.42. The molecule has 1 fully saturated rings. The van der Waals surface area contributed by atoms with Gasteiger partial charge in [-0.25, -0.2) is 0 Å². The molecule has 1 aromatic heterocycles. The summed E-state index contributed by atoms with van der Waals surface area (Å²) < 4.78 is 5.00. The molecule has 0 atom stereocenters. The third-order valence-corrected chi connectivity index (χ3v) is 4.50. The number of anilines is 2. The first-order valence-electron chi connectivity index (χ1n) is 9.19. The maximum Gasteiger partial charge on any atom is 0.286 e. The Morgan fingerprint density at radius 1 is 1.00 bits per heavy atom. The minimum atomic E-state index is -0.315. The van der Waals surface area contributed by atoms with Gasteiger partial charge in [0.05, 0.1) is 6.26 Å². The number of benzene rings is 1. The zero-order chi connectivity index (χ0) is 18.2. The molecule has 1 aliphatic heterocycles. The van der Waals surface area contributed by atoms with Crippen LogP contribution < -0.4 is 15.5 Å². The van der Waals surface area contributed by atoms with Crippen molar-refractivity contribution in [3.8, 4) is 0 Å². The zero-order valence-electron chi connectivity index (χ0n) is 14.9. The minimum absolute atomic E-state index is 0.132. The van der Waals surface area contributed by atoms with Gasteiger partial charge in [0.15, 0.2) is 5.76 Å². The van der Waals surface area contributed by atoms with Gasteiger partial charge in [0, 0.05) is 37.4 Å². The average Bonchev–Trinajstić information content (AvgIpc) is 3.05. The molecular formula is C20H25N3O3. The summed E-state index contributed by atoms with van der Waals surface area (Å²) in [6, 6.07) is 11.2. The highest BCUT2D eigenvalue weighted by Gasteiger charge is 2.11. The Morgan fingerprint density at radius 3 is 2.38 bits per heavy atom. The van der Waals surface area contributed by atoms with Crippen LogP contribution in [0, 0.1) is 0 Å². The van der Waals surface area contributed by atoms with Crippen molar-refractivity contribution in [3.05, 3.63) is 48.4 Å². The lowest BCUT2D eigenvalue weighted by atomic mass is 10.2. The van der Waals surface area contributed by atoms with Crippen LogP contribution in [-0.2, 0) is 4.79 Å². The van der Waals surface area contributed by atoms with E-state index in [4.69, 9.17) is 4.42 Å². The number of furan rings is 1. The van der Waals surface area contributed by atoms with Crippen LogP contribution in [0.25, 0.3) is 0 Å². The molecule has 1 saturated heterocycles. The first-order valence-corrected chi connectivity index (χ1v) is 9.19. The number of carbonyl (C=O) groups excluding carboxylic acids is 2. The van der Waals surface area contributed by atoms with Crippen LogP contribution >= 0.6 is 0 Å². The topological polar surface area (TPSA) is 74.6 Å². The van der Waals surface area contributed by atoms with Gasteiger partial charge in [0.2, 0.25) is 5.91 Å². The van der Waals surface area contributed by atoms with Crippen molar-refractivity contribution in [1.29, 1.82) is 0 Å². The van der Waals surface area contributed by atoms with E-state index >= 15 is 0 Å². The van der Waals surface area contributed by atoms with Gasteiger partial charge in [-0.1, -0.05) is 12.8 Å². The van der Waals surface area contributed by atoms with Gasteiger partial charge in [-0.15, -0.1) is 0 Å². The number of nitrogens with zero attached hydrogens (tertiary/aromatic N) is 1. The monoisotopic (exact) mass is 355 g/mol. The standard InChI is InChI=1S/C20H25N3O3/c24-19(11-12-21-20(25)18-6-5-15-26-18)22-16-7-9-17(10-8-16)23-13-3-1-2-4-14-23/h5-10,15H,1-4,11-14H2,(H,21,25)(H,22,24). The van der Waals surface area contributed by atoms with Crippen LogP contribution in [-0.4, -0.2) is 31.4 Å². The van der Waals surface area contributed by atoms with Crippen molar-refractivity contribution in [1.82, 2.24) is 5.32 Å². The van der Waals surface area contributed by atoms with E-state index in [1.54, 1.807) is 12.1 Å². The van der Waals surface area contributed by atoms with E-state index in [1.165, 1.54) is 37.6 Å². The summed E-state index contributed by atoms with van der Waals surface area (Å²) in [5.41, 5.74) is 1.97. The minimum Gasteiger partial charge on any atom is -0.459 e. The van der Waals surface area contributed by atoms with Crippen LogP contribution in [0.15, 0.2) is 47.1 Å². The molecule has 0 aliphatic carbocycles. The Morgan fingerprint density at radius 2 is 1.73 bits per heavy atom. The molecule has 2 N–H and O–H groups in total. The first-order chi connectivity index (χ1) is 12.7. The second kappa shape index (κ2) is 9.08. The fourth-order valence-electron chi connectivity index (χ4n) is 3.09. The van der Waals surface area contributed by atoms with Crippen LogP contribution in [0.5, 0.6) is 0 Å². The summed E-state index contributed by atoms with van der Waals surface area (Å²) >= 11 is 0. The molecule has 3 rings (SSSR count). The second-order valence-corrected chi connectivity index (χ2v) is 6.48. The highest BCUT2D eigenvalue weighted by molar-refractivity contribution is 5.93. The van der Waals surface area contributed by atoms with Crippen molar-refractivity contribution in [2.24, 2.45) is 0 Å². The molecule has 0 radical (unpaired) electrons. The highest BCUT2D eigenvalue weighted by Crippen LogP contribution is 2.21. The van der Waals surface area contributed by atoms with Crippen LogP contribution in [0.3, 0.4) is 0 Å². The van der Waals surface area contributed by atoms with Crippen molar-refractivity contribution in [3.63, 3.8) is 0 Å². The molecule has 2 heterocycles. The first kappa shape index (κ1) is 18.0. The average molecular weight is 355 g/mol. The van der Waals surface area contributed by atoms with Gasteiger partial charge in [0.25, 0.3) is 5.91 Å². The summed E-state index contributed by atoms with van der Waals surface area (Å²) in [4.78, 5) is 26.1. The third-order valence-electron chi connectivity index (χ3n) is 4.50. The van der Waals surface area contributed by atoms with Gasteiger partial charge in [-0.3, -0.25) is 9.59 Å². The van der Waals surface area contributed by atoms with Gasteiger partial charge >= 0.3 is 0 Å². The van der Waals surface area contributed by atoms with Crippen molar-refractivity contribution in [2.75, 3.05) is 29.9 Å². The summed E-state index contributed by atoms with van der Waals surface area (Å²) in [5.74, 6) is -0.202. The summed E-state index contributed by atoms with van der Waals surface area (Å²) in [6.07, 6.45) is 6.74. The molecule has 26 heavy (non-hydrogen) atoms. The number of nitrogens with one attached hydrogen (secondary N) is 2. The molecule has 6 heteroatoms. The fourth-order valence-corrected chi connectivity index (χ4v) is 3.09. The van der Waals surface area contributed by atoms with Crippen molar-refractivity contribution in [2.45, 2.75) is 32.1 Å². The smallest absolute Gasteiger partial charge is 0.286 e. The van der Waals surface area contributed by atoms with E-state index in [0.717, 1.165) is 18.8 Å². The Kier molecular flexibility index (Phi) is 6.30. The molecule has 138 valence electrons. The number of hydrogen-bond donors (Lipinski definition) is 2. The van der Waals surface area contributed by atoms with Gasteiger partial charge in [0.1, 0.15) is 0 Å². The number of amides is 2. The number of carbonyl (C=O) groups is 2. The van der Waals surface area contributed by atoms with Crippen molar-refractivity contribution < 1.29 is 14.0 Å². The normalized spacial score (nSPS) is 14.5. The zero-order valence-corrected chi connectivity index (χ0v) is 14.9. The second-order valence-electron chi connectivity index (χ2n) is 6.48. The molecule has 1 aliphatic rings. The van der Waals surface area contributed by atoms with Gasteiger partial charge in [-0.2, -0.15) is 0 Å². The van der Waals surface area contributed by atoms with E-state index < -0.39 is 0 Å². The lowest BCUT2D eigenvalue weighted by Crippen LogP contribution is -2.27. The molecule has 0 unspecified atom stereocenters. The maximum atomic E-state index is 12.0. The molecule has 0 saturated carbocycles. The van der Waals surface area contributed by atoms with E-state index in [1.807, 2.05) is 12.1 Å². The van der Waals surface area contributed by atoms with Crippen LogP contribution in [0.2, 0.25) is 0 Å². The van der Waals surface area contributed by atoms with Crippen LogP contribution in [0.1, 0.15) is 42.7 Å². The van der Waals surface area contributed by atoms with Gasteiger partial charge in [-0.05, 0) is 49.2 Å². The predicted molar refractivity (Wildman–Crippen MR) is 101 cm³/mol. The molecule has 2 amide bonds. The summed E-state index contributed by atoms with van der Waals surface area (Å²) in [7, 11) is 0. The Bertz CT molecular complexity index is 702. The molecule has 2 aromatic rings. The molecule has 6 nitrogen and oxygen atoms in total. The maximum absolute atomic E-state index is 12.0. The molecular weight excluding hydrogens is 330 g/mol. The lowest BCUT2D eigenvalue weighted by molar-refractivity contribution is -0.116. The fraction of sp³-hybridized carbons (Fsp3) is 0.400. The van der Waals surface area contributed by atoms with E-state index in [0.29, 0.717) is 0 Å². The summed E-state index contributed by atoms with van der Waals surface area (Å²) in [5, 5.41) is 5.52. The Hall–Kier alpha value is -2.76. The van der Waals surface area contributed by atoms with Crippen molar-refractivity contribution >= 4 is 23.2 Å². The number of rotatable bonds is 6. The Balaban J connectivity index is 1.43. The lowest BCUT2D eigenvalue weighted by Gasteiger charge is -2.22. The van der Waals surface area contributed by atoms with E-state index in [2.05, 4.69) is 27.7 Å². The molecule has 0 bridgehead atoms. The summed E-state index contributed by atoms with van der Waals surface area (Å²) in [6.45, 7) is 2.46. The SMILES string of the molecule is O=C(CCNC(=O)c1ccco1)Nc1ccc(N2CCCCCC2)cc1. The number of hydrogen-bond acceptors (Lipinski definition) is 4. The molecule has 0 spiro atoms. The van der Waals surface area contributed by atoms with E-state index in [-0.39, 0.29) is 30.5 Å². The largest absolute Gasteiger partial charge is 0.459 e.